The van der Waals surface area contributed by atoms with Gasteiger partial charge < -0.3 is 20.3 Å². The Morgan fingerprint density at radius 1 is 1.13 bits per heavy atom. The highest BCUT2D eigenvalue weighted by Gasteiger charge is 2.36. The largest absolute Gasteiger partial charge is 0.495 e. The minimum atomic E-state index is -0.480. The van der Waals surface area contributed by atoms with Gasteiger partial charge in [0.1, 0.15) is 5.75 Å². The van der Waals surface area contributed by atoms with Crippen molar-refractivity contribution in [2.24, 2.45) is 5.92 Å². The zero-order valence-electron chi connectivity index (χ0n) is 17.1. The fraction of sp³-hybridized carbons (Fsp3) is 0.348. The first-order valence-corrected chi connectivity index (χ1v) is 10.1. The number of nitrogens with zero attached hydrogens (tertiary/aromatic N) is 1. The van der Waals surface area contributed by atoms with E-state index in [4.69, 9.17) is 4.74 Å². The first-order valence-electron chi connectivity index (χ1n) is 10.1. The molecule has 7 heteroatoms. The molecule has 0 aromatic heterocycles. The van der Waals surface area contributed by atoms with Crippen molar-refractivity contribution in [1.29, 1.82) is 0 Å². The standard InChI is InChI=1S/C23H25N3O4/c1-14-6-9-20(30-2)19(10-14)26-13-16(12-21(26)27)23(29)25-18-5-3-4-15(11-18)22(28)24-17-7-8-17/h3-6,9-11,16-17H,7-8,12-13H2,1-2H3,(H,24,28)(H,25,29). The molecular formula is C23H25N3O4. The summed E-state index contributed by atoms with van der Waals surface area (Å²) < 4.78 is 5.39. The third-order valence-corrected chi connectivity index (χ3v) is 5.43. The van der Waals surface area contributed by atoms with E-state index in [1.54, 1.807) is 36.3 Å². The van der Waals surface area contributed by atoms with Crippen LogP contribution in [0.3, 0.4) is 0 Å². The van der Waals surface area contributed by atoms with Crippen LogP contribution >= 0.6 is 0 Å². The second-order valence-electron chi connectivity index (χ2n) is 7.90. The fourth-order valence-electron chi connectivity index (χ4n) is 3.61. The Hall–Kier alpha value is -3.35. The van der Waals surface area contributed by atoms with E-state index in [1.165, 1.54) is 0 Å². The van der Waals surface area contributed by atoms with Crippen LogP contribution in [0.15, 0.2) is 42.5 Å². The maximum Gasteiger partial charge on any atom is 0.251 e. The summed E-state index contributed by atoms with van der Waals surface area (Å²) in [6.45, 7) is 2.23. The molecule has 1 aliphatic carbocycles. The van der Waals surface area contributed by atoms with Crippen LogP contribution in [-0.4, -0.2) is 37.4 Å². The van der Waals surface area contributed by atoms with Gasteiger partial charge >= 0.3 is 0 Å². The molecule has 1 atom stereocenters. The summed E-state index contributed by atoms with van der Waals surface area (Å²) >= 11 is 0. The zero-order valence-corrected chi connectivity index (χ0v) is 17.1. The lowest BCUT2D eigenvalue weighted by Crippen LogP contribution is -2.28. The van der Waals surface area contributed by atoms with Crippen LogP contribution in [0.4, 0.5) is 11.4 Å². The van der Waals surface area contributed by atoms with Crippen molar-refractivity contribution < 1.29 is 19.1 Å². The Labute approximate surface area is 175 Å². The number of amides is 3. The Morgan fingerprint density at radius 3 is 2.67 bits per heavy atom. The first-order chi connectivity index (χ1) is 14.4. The van der Waals surface area contributed by atoms with Crippen molar-refractivity contribution in [1.82, 2.24) is 5.32 Å². The summed E-state index contributed by atoms with van der Waals surface area (Å²) in [6, 6.07) is 12.8. The van der Waals surface area contributed by atoms with Gasteiger partial charge in [-0.3, -0.25) is 14.4 Å². The molecule has 30 heavy (non-hydrogen) atoms. The van der Waals surface area contributed by atoms with Crippen molar-refractivity contribution in [3.05, 3.63) is 53.6 Å². The first kappa shape index (κ1) is 19.9. The molecule has 156 valence electrons. The molecule has 4 rings (SSSR count). The molecule has 2 N–H and O–H groups in total. The number of methoxy groups -OCH3 is 1. The molecule has 1 heterocycles. The number of anilines is 2. The smallest absolute Gasteiger partial charge is 0.251 e. The molecule has 0 radical (unpaired) electrons. The van der Waals surface area contributed by atoms with E-state index in [9.17, 15) is 14.4 Å². The zero-order chi connectivity index (χ0) is 21.3. The lowest BCUT2D eigenvalue weighted by atomic mass is 10.1. The van der Waals surface area contributed by atoms with Crippen molar-refractivity contribution in [3.63, 3.8) is 0 Å². The highest BCUT2D eigenvalue weighted by Crippen LogP contribution is 2.34. The predicted octanol–water partition coefficient (Wildman–Crippen LogP) is 2.89. The van der Waals surface area contributed by atoms with Gasteiger partial charge in [-0.25, -0.2) is 0 Å². The van der Waals surface area contributed by atoms with Gasteiger partial charge in [0.05, 0.1) is 18.7 Å². The van der Waals surface area contributed by atoms with Gasteiger partial charge in [0, 0.05) is 30.3 Å². The summed E-state index contributed by atoms with van der Waals surface area (Å²) in [7, 11) is 1.56. The second kappa shape index (κ2) is 8.18. The topological polar surface area (TPSA) is 87.7 Å². The number of carbonyl (C=O) groups excluding carboxylic acids is 3. The minimum Gasteiger partial charge on any atom is -0.495 e. The van der Waals surface area contributed by atoms with Gasteiger partial charge in [-0.2, -0.15) is 0 Å². The number of aryl methyl sites for hydroxylation is 1. The SMILES string of the molecule is COc1ccc(C)cc1N1CC(C(=O)Nc2cccc(C(=O)NC3CC3)c2)CC1=O. The molecule has 1 aliphatic heterocycles. The van der Waals surface area contributed by atoms with Crippen molar-refractivity contribution in [2.75, 3.05) is 23.9 Å². The van der Waals surface area contributed by atoms with Gasteiger partial charge in [-0.1, -0.05) is 12.1 Å². The molecule has 2 aliphatic rings. The average molecular weight is 407 g/mol. The number of hydrogen-bond acceptors (Lipinski definition) is 4. The van der Waals surface area contributed by atoms with Crippen LogP contribution in [0.2, 0.25) is 0 Å². The summed E-state index contributed by atoms with van der Waals surface area (Å²) in [4.78, 5) is 39.3. The highest BCUT2D eigenvalue weighted by atomic mass is 16.5. The molecule has 2 fully saturated rings. The highest BCUT2D eigenvalue weighted by molar-refractivity contribution is 6.04. The normalized spacial score (nSPS) is 18.3. The van der Waals surface area contributed by atoms with Gasteiger partial charge in [0.25, 0.3) is 5.91 Å². The van der Waals surface area contributed by atoms with Crippen molar-refractivity contribution in [3.8, 4) is 5.75 Å². The van der Waals surface area contributed by atoms with Crippen molar-refractivity contribution in [2.45, 2.75) is 32.2 Å². The molecule has 0 spiro atoms. The fourth-order valence-corrected chi connectivity index (χ4v) is 3.61. The van der Waals surface area contributed by atoms with Crippen LogP contribution in [-0.2, 0) is 9.59 Å². The molecule has 2 aromatic rings. The number of ether oxygens (including phenoxy) is 1. The molecule has 2 aromatic carbocycles. The molecule has 1 saturated carbocycles. The van der Waals surface area contributed by atoms with Gasteiger partial charge in [-0.15, -0.1) is 0 Å². The van der Waals surface area contributed by atoms with E-state index >= 15 is 0 Å². The van der Waals surface area contributed by atoms with E-state index < -0.39 is 5.92 Å². The van der Waals surface area contributed by atoms with E-state index in [0.29, 0.717) is 22.7 Å². The van der Waals surface area contributed by atoms with Crippen LogP contribution in [0.5, 0.6) is 5.75 Å². The van der Waals surface area contributed by atoms with E-state index in [1.807, 2.05) is 25.1 Å². The summed E-state index contributed by atoms with van der Waals surface area (Å²) in [5, 5.41) is 5.79. The maximum absolute atomic E-state index is 12.8. The lowest BCUT2D eigenvalue weighted by Gasteiger charge is -2.20. The quantitative estimate of drug-likeness (QED) is 0.771. The van der Waals surface area contributed by atoms with E-state index in [2.05, 4.69) is 10.6 Å². The predicted molar refractivity (Wildman–Crippen MR) is 114 cm³/mol. The third-order valence-electron chi connectivity index (χ3n) is 5.43. The maximum atomic E-state index is 12.8. The average Bonchev–Trinajstić information content (AvgIpc) is 3.46. The van der Waals surface area contributed by atoms with Crippen molar-refractivity contribution >= 4 is 29.1 Å². The molecule has 1 saturated heterocycles. The van der Waals surface area contributed by atoms with Gasteiger partial charge in [-0.05, 0) is 55.7 Å². The Morgan fingerprint density at radius 2 is 1.93 bits per heavy atom. The number of hydrogen-bond donors (Lipinski definition) is 2. The number of benzene rings is 2. The third kappa shape index (κ3) is 4.30. The number of carbonyl (C=O) groups is 3. The van der Waals surface area contributed by atoms with Gasteiger partial charge in [0.2, 0.25) is 11.8 Å². The monoisotopic (exact) mass is 407 g/mol. The minimum absolute atomic E-state index is 0.114. The lowest BCUT2D eigenvalue weighted by molar-refractivity contribution is -0.122. The number of nitrogens with one attached hydrogen (secondary N) is 2. The Balaban J connectivity index is 1.44. The molecule has 7 nitrogen and oxygen atoms in total. The van der Waals surface area contributed by atoms with Crippen LogP contribution < -0.4 is 20.3 Å². The number of rotatable bonds is 6. The molecule has 1 unspecified atom stereocenters. The summed E-state index contributed by atoms with van der Waals surface area (Å²) in [5.74, 6) is -0.368. The van der Waals surface area contributed by atoms with Crippen LogP contribution in [0.1, 0.15) is 35.2 Å². The van der Waals surface area contributed by atoms with Crippen LogP contribution in [0.25, 0.3) is 0 Å². The summed E-state index contributed by atoms with van der Waals surface area (Å²) in [5.41, 5.74) is 2.74. The Bertz CT molecular complexity index is 1000. The molecule has 0 bridgehead atoms. The second-order valence-corrected chi connectivity index (χ2v) is 7.90. The molecule has 3 amide bonds. The van der Waals surface area contributed by atoms with Gasteiger partial charge in [0.15, 0.2) is 0 Å². The van der Waals surface area contributed by atoms with E-state index in [0.717, 1.165) is 18.4 Å². The summed E-state index contributed by atoms with van der Waals surface area (Å²) in [6.07, 6.45) is 2.16. The van der Waals surface area contributed by atoms with Crippen LogP contribution in [0, 0.1) is 12.8 Å². The Kier molecular flexibility index (Phi) is 5.44. The molecular weight excluding hydrogens is 382 g/mol. The van der Waals surface area contributed by atoms with E-state index in [-0.39, 0.29) is 36.7 Å².